The zero-order chi connectivity index (χ0) is 13.7. The summed E-state index contributed by atoms with van der Waals surface area (Å²) in [5.74, 6) is 0.584. The largest absolute Gasteiger partial charge is 0.324 e. The van der Waals surface area contributed by atoms with Crippen LogP contribution in [0.15, 0.2) is 28.7 Å². The number of amides is 1. The number of aryl methyl sites for hydroxylation is 1. The Morgan fingerprint density at radius 3 is 2.79 bits per heavy atom. The van der Waals surface area contributed by atoms with E-state index >= 15 is 0 Å². The molecule has 0 bridgehead atoms. The van der Waals surface area contributed by atoms with E-state index in [1.807, 2.05) is 31.2 Å². The van der Waals surface area contributed by atoms with Crippen molar-refractivity contribution < 1.29 is 4.79 Å². The molecule has 1 N–H and O–H groups in total. The molecule has 0 radical (unpaired) electrons. The van der Waals surface area contributed by atoms with Gasteiger partial charge in [0.25, 0.3) is 0 Å². The minimum absolute atomic E-state index is 0.123. The van der Waals surface area contributed by atoms with Crippen LogP contribution in [-0.2, 0) is 17.8 Å². The van der Waals surface area contributed by atoms with Gasteiger partial charge in [-0.3, -0.25) is 4.79 Å². The molecule has 0 spiro atoms. The fourth-order valence-corrected chi connectivity index (χ4v) is 1.88. The molecule has 2 aromatic rings. The average Bonchev–Trinajstić information content (AvgIpc) is 2.80. The lowest BCUT2D eigenvalue weighted by Crippen LogP contribution is -2.21. The molecule has 6 nitrogen and oxygen atoms in total. The Balaban J connectivity index is 1.97. The number of nitrogens with zero attached hydrogens (tertiary/aromatic N) is 4. The molecule has 1 aromatic heterocycles. The van der Waals surface area contributed by atoms with E-state index in [4.69, 9.17) is 0 Å². The molecule has 0 aliphatic rings. The summed E-state index contributed by atoms with van der Waals surface area (Å²) in [6.45, 7) is 2.17. The van der Waals surface area contributed by atoms with Gasteiger partial charge in [0.2, 0.25) is 5.91 Å². The molecule has 0 saturated heterocycles. The highest BCUT2D eigenvalue weighted by molar-refractivity contribution is 9.10. The van der Waals surface area contributed by atoms with E-state index in [1.54, 1.807) is 0 Å². The van der Waals surface area contributed by atoms with Crippen molar-refractivity contribution in [2.75, 3.05) is 5.32 Å². The van der Waals surface area contributed by atoms with E-state index < -0.39 is 0 Å². The van der Waals surface area contributed by atoms with Gasteiger partial charge in [-0.2, -0.15) is 0 Å². The standard InChI is InChI=1S/C12H14BrN5O/c1-2-3-11-15-16-17-18(11)8-12(19)14-10-6-4-9(13)5-7-10/h4-7H,2-3,8H2,1H3,(H,14,19). The number of aromatic nitrogens is 4. The molecule has 0 aliphatic heterocycles. The second-order valence-corrected chi connectivity index (χ2v) is 4.97. The van der Waals surface area contributed by atoms with Gasteiger partial charge in [0, 0.05) is 16.6 Å². The van der Waals surface area contributed by atoms with Gasteiger partial charge in [0.1, 0.15) is 6.54 Å². The second kappa shape index (κ2) is 6.42. The molecule has 1 aromatic carbocycles. The summed E-state index contributed by atoms with van der Waals surface area (Å²) < 4.78 is 2.49. The number of benzene rings is 1. The molecule has 1 amide bonds. The first kappa shape index (κ1) is 13.7. The van der Waals surface area contributed by atoms with Crippen LogP contribution < -0.4 is 5.32 Å². The molecule has 1 heterocycles. The van der Waals surface area contributed by atoms with E-state index in [-0.39, 0.29) is 12.5 Å². The zero-order valence-electron chi connectivity index (χ0n) is 10.5. The Labute approximate surface area is 119 Å². The van der Waals surface area contributed by atoms with E-state index in [9.17, 15) is 4.79 Å². The number of carbonyl (C=O) groups is 1. The smallest absolute Gasteiger partial charge is 0.246 e. The summed E-state index contributed by atoms with van der Waals surface area (Å²) in [5.41, 5.74) is 0.748. The summed E-state index contributed by atoms with van der Waals surface area (Å²) in [5, 5.41) is 14.1. The maximum Gasteiger partial charge on any atom is 0.246 e. The zero-order valence-corrected chi connectivity index (χ0v) is 12.1. The van der Waals surface area contributed by atoms with Crippen LogP contribution in [0.5, 0.6) is 0 Å². The molecular weight excluding hydrogens is 310 g/mol. The van der Waals surface area contributed by atoms with Crippen molar-refractivity contribution in [3.63, 3.8) is 0 Å². The molecule has 0 fully saturated rings. The lowest BCUT2D eigenvalue weighted by Gasteiger charge is -2.06. The predicted molar refractivity (Wildman–Crippen MR) is 74.6 cm³/mol. The molecule has 7 heteroatoms. The van der Waals surface area contributed by atoms with Gasteiger partial charge in [-0.1, -0.05) is 22.9 Å². The van der Waals surface area contributed by atoms with Gasteiger partial charge in [-0.15, -0.1) is 5.10 Å². The van der Waals surface area contributed by atoms with Crippen LogP contribution in [0.4, 0.5) is 5.69 Å². The third kappa shape index (κ3) is 3.85. The number of nitrogens with one attached hydrogen (secondary N) is 1. The topological polar surface area (TPSA) is 72.7 Å². The SMILES string of the molecule is CCCc1nnnn1CC(=O)Nc1ccc(Br)cc1. The van der Waals surface area contributed by atoms with E-state index in [0.717, 1.165) is 28.8 Å². The van der Waals surface area contributed by atoms with Crippen molar-refractivity contribution in [1.29, 1.82) is 0 Å². The van der Waals surface area contributed by atoms with Crippen LogP contribution in [0.3, 0.4) is 0 Å². The van der Waals surface area contributed by atoms with Crippen molar-refractivity contribution in [2.45, 2.75) is 26.3 Å². The number of hydrogen-bond donors (Lipinski definition) is 1. The molecule has 0 unspecified atom stereocenters. The first-order valence-electron chi connectivity index (χ1n) is 5.99. The number of tetrazole rings is 1. The number of anilines is 1. The Morgan fingerprint density at radius 2 is 2.11 bits per heavy atom. The Hall–Kier alpha value is -1.76. The Kier molecular flexibility index (Phi) is 4.62. The molecule has 2 rings (SSSR count). The van der Waals surface area contributed by atoms with Crippen molar-refractivity contribution in [1.82, 2.24) is 20.2 Å². The number of rotatable bonds is 5. The molecule has 100 valence electrons. The van der Waals surface area contributed by atoms with Gasteiger partial charge >= 0.3 is 0 Å². The maximum atomic E-state index is 11.9. The highest BCUT2D eigenvalue weighted by Gasteiger charge is 2.09. The third-order valence-electron chi connectivity index (χ3n) is 2.50. The summed E-state index contributed by atoms with van der Waals surface area (Å²) in [7, 11) is 0. The van der Waals surface area contributed by atoms with Gasteiger partial charge in [0.15, 0.2) is 5.82 Å². The van der Waals surface area contributed by atoms with E-state index in [2.05, 4.69) is 36.8 Å². The second-order valence-electron chi connectivity index (χ2n) is 4.06. The first-order chi connectivity index (χ1) is 9.19. The third-order valence-corrected chi connectivity index (χ3v) is 3.03. The van der Waals surface area contributed by atoms with Crippen LogP contribution in [0.25, 0.3) is 0 Å². The quantitative estimate of drug-likeness (QED) is 0.913. The van der Waals surface area contributed by atoms with Crippen molar-refractivity contribution in [3.05, 3.63) is 34.6 Å². The maximum absolute atomic E-state index is 11.9. The Morgan fingerprint density at radius 1 is 1.37 bits per heavy atom. The van der Waals surface area contributed by atoms with Gasteiger partial charge in [0.05, 0.1) is 0 Å². The van der Waals surface area contributed by atoms with Crippen LogP contribution in [0, 0.1) is 0 Å². The molecular formula is C12H14BrN5O. The number of carbonyl (C=O) groups excluding carboxylic acids is 1. The normalized spacial score (nSPS) is 10.4. The Bertz CT molecular complexity index is 552. The molecule has 19 heavy (non-hydrogen) atoms. The first-order valence-corrected chi connectivity index (χ1v) is 6.79. The lowest BCUT2D eigenvalue weighted by molar-refractivity contribution is -0.117. The average molecular weight is 324 g/mol. The van der Waals surface area contributed by atoms with Gasteiger partial charge in [-0.05, 0) is 41.1 Å². The molecule has 0 aliphatic carbocycles. The summed E-state index contributed by atoms with van der Waals surface area (Å²) >= 11 is 3.34. The van der Waals surface area contributed by atoms with Crippen LogP contribution >= 0.6 is 15.9 Å². The van der Waals surface area contributed by atoms with Crippen molar-refractivity contribution in [3.8, 4) is 0 Å². The minimum atomic E-state index is -0.146. The van der Waals surface area contributed by atoms with Crippen molar-refractivity contribution in [2.24, 2.45) is 0 Å². The predicted octanol–water partition coefficient (Wildman–Crippen LogP) is 2.03. The van der Waals surface area contributed by atoms with Gasteiger partial charge in [-0.25, -0.2) is 4.68 Å². The summed E-state index contributed by atoms with van der Waals surface area (Å²) in [6.07, 6.45) is 1.70. The molecule has 0 saturated carbocycles. The number of halogens is 1. The van der Waals surface area contributed by atoms with Gasteiger partial charge < -0.3 is 5.32 Å². The van der Waals surface area contributed by atoms with E-state index in [0.29, 0.717) is 0 Å². The minimum Gasteiger partial charge on any atom is -0.324 e. The number of hydrogen-bond acceptors (Lipinski definition) is 4. The summed E-state index contributed by atoms with van der Waals surface area (Å²) in [4.78, 5) is 11.9. The van der Waals surface area contributed by atoms with Crippen LogP contribution in [-0.4, -0.2) is 26.1 Å². The molecule has 0 atom stereocenters. The highest BCUT2D eigenvalue weighted by Crippen LogP contribution is 2.14. The van der Waals surface area contributed by atoms with Crippen molar-refractivity contribution >= 4 is 27.5 Å². The summed E-state index contributed by atoms with van der Waals surface area (Å²) in [6, 6.07) is 7.40. The lowest BCUT2D eigenvalue weighted by atomic mass is 10.3. The van der Waals surface area contributed by atoms with E-state index in [1.165, 1.54) is 4.68 Å². The fraction of sp³-hybridized carbons (Fsp3) is 0.333. The van der Waals surface area contributed by atoms with Crippen LogP contribution in [0.1, 0.15) is 19.2 Å². The highest BCUT2D eigenvalue weighted by atomic mass is 79.9. The fourth-order valence-electron chi connectivity index (χ4n) is 1.62. The van der Waals surface area contributed by atoms with Crippen LogP contribution in [0.2, 0.25) is 0 Å². The monoisotopic (exact) mass is 323 g/mol.